The smallest absolute Gasteiger partial charge is 0.308 e. The van der Waals surface area contributed by atoms with E-state index in [2.05, 4.69) is 32.6 Å². The summed E-state index contributed by atoms with van der Waals surface area (Å²) >= 11 is 2.16. The summed E-state index contributed by atoms with van der Waals surface area (Å²) in [4.78, 5) is 18.3. The third kappa shape index (κ3) is 2.60. The first-order chi connectivity index (χ1) is 8.49. The predicted octanol–water partition coefficient (Wildman–Crippen LogP) is 3.30. The molecular formula is C13H12FIN2O. The number of rotatable bonds is 2. The van der Waals surface area contributed by atoms with Crippen molar-refractivity contribution in [2.24, 2.45) is 0 Å². The molecule has 0 fully saturated rings. The molecule has 0 saturated carbocycles. The molecule has 0 atom stereocenters. The van der Waals surface area contributed by atoms with Gasteiger partial charge in [0, 0.05) is 11.3 Å². The Morgan fingerprint density at radius 2 is 1.89 bits per heavy atom. The van der Waals surface area contributed by atoms with E-state index in [9.17, 15) is 9.18 Å². The number of hydrogen-bond acceptors (Lipinski definition) is 2. The standard InChI is InChI=1S/C13H12FIN2O/c1-7(2)11-10(15)12(17-13(18)16-11)8-3-5-9(14)6-4-8/h3-7H,1-2H3,(H,16,17,18). The molecule has 0 saturated heterocycles. The monoisotopic (exact) mass is 358 g/mol. The van der Waals surface area contributed by atoms with Gasteiger partial charge in [-0.2, -0.15) is 4.98 Å². The van der Waals surface area contributed by atoms with E-state index >= 15 is 0 Å². The zero-order valence-corrected chi connectivity index (χ0v) is 12.2. The molecule has 0 bridgehead atoms. The van der Waals surface area contributed by atoms with Crippen LogP contribution in [0.25, 0.3) is 11.3 Å². The second kappa shape index (κ2) is 5.17. The van der Waals surface area contributed by atoms with Gasteiger partial charge in [0.1, 0.15) is 5.82 Å². The molecule has 0 aliphatic heterocycles. The highest BCUT2D eigenvalue weighted by molar-refractivity contribution is 14.1. The first-order valence-electron chi connectivity index (χ1n) is 5.54. The summed E-state index contributed by atoms with van der Waals surface area (Å²) in [6, 6.07) is 5.99. The molecule has 94 valence electrons. The number of aromatic nitrogens is 2. The molecule has 0 unspecified atom stereocenters. The Hall–Kier alpha value is -1.24. The summed E-state index contributed by atoms with van der Waals surface area (Å²) < 4.78 is 13.8. The minimum absolute atomic E-state index is 0.201. The lowest BCUT2D eigenvalue weighted by Crippen LogP contribution is -2.17. The fourth-order valence-corrected chi connectivity index (χ4v) is 2.86. The van der Waals surface area contributed by atoms with Crippen molar-refractivity contribution in [3.05, 3.63) is 49.8 Å². The number of H-pyrrole nitrogens is 1. The van der Waals surface area contributed by atoms with Crippen LogP contribution in [0.1, 0.15) is 25.5 Å². The molecule has 0 aliphatic rings. The maximum atomic E-state index is 12.9. The van der Waals surface area contributed by atoms with Crippen molar-refractivity contribution >= 4 is 22.6 Å². The Labute approximate surface area is 118 Å². The van der Waals surface area contributed by atoms with Crippen LogP contribution >= 0.6 is 22.6 Å². The van der Waals surface area contributed by atoms with Gasteiger partial charge in [-0.1, -0.05) is 13.8 Å². The molecule has 0 radical (unpaired) electrons. The zero-order chi connectivity index (χ0) is 13.3. The molecule has 3 nitrogen and oxygen atoms in total. The van der Waals surface area contributed by atoms with Crippen LogP contribution in [0, 0.1) is 9.39 Å². The van der Waals surface area contributed by atoms with E-state index in [0.29, 0.717) is 5.69 Å². The van der Waals surface area contributed by atoms with E-state index in [1.54, 1.807) is 12.1 Å². The first kappa shape index (κ1) is 13.2. The summed E-state index contributed by atoms with van der Waals surface area (Å²) in [5.74, 6) is -0.102. The largest absolute Gasteiger partial charge is 0.345 e. The van der Waals surface area contributed by atoms with Gasteiger partial charge in [-0.15, -0.1) is 0 Å². The molecule has 1 N–H and O–H groups in total. The van der Waals surface area contributed by atoms with Gasteiger partial charge in [0.15, 0.2) is 0 Å². The minimum Gasteiger partial charge on any atom is -0.308 e. The summed E-state index contributed by atoms with van der Waals surface area (Å²) in [7, 11) is 0. The van der Waals surface area contributed by atoms with E-state index in [-0.39, 0.29) is 17.4 Å². The average molecular weight is 358 g/mol. The van der Waals surface area contributed by atoms with Gasteiger partial charge in [0.05, 0.1) is 9.26 Å². The normalized spacial score (nSPS) is 10.9. The van der Waals surface area contributed by atoms with E-state index in [1.807, 2.05) is 13.8 Å². The van der Waals surface area contributed by atoms with E-state index in [4.69, 9.17) is 0 Å². The molecule has 0 aliphatic carbocycles. The number of benzene rings is 1. The molecule has 0 spiro atoms. The second-order valence-electron chi connectivity index (χ2n) is 4.28. The fraction of sp³-hybridized carbons (Fsp3) is 0.231. The van der Waals surface area contributed by atoms with Gasteiger partial charge >= 0.3 is 5.69 Å². The molecule has 2 rings (SSSR count). The minimum atomic E-state index is -0.376. The molecule has 18 heavy (non-hydrogen) atoms. The van der Waals surface area contributed by atoms with E-state index in [0.717, 1.165) is 14.8 Å². The first-order valence-corrected chi connectivity index (χ1v) is 6.62. The lowest BCUT2D eigenvalue weighted by atomic mass is 10.1. The van der Waals surface area contributed by atoms with Crippen molar-refractivity contribution < 1.29 is 4.39 Å². The van der Waals surface area contributed by atoms with Crippen LogP contribution in [0.15, 0.2) is 29.1 Å². The Morgan fingerprint density at radius 3 is 2.44 bits per heavy atom. The Kier molecular flexibility index (Phi) is 3.79. The maximum Gasteiger partial charge on any atom is 0.345 e. The molecule has 2 aromatic rings. The predicted molar refractivity (Wildman–Crippen MR) is 77.1 cm³/mol. The van der Waals surface area contributed by atoms with Gasteiger partial charge in [-0.25, -0.2) is 9.18 Å². The lowest BCUT2D eigenvalue weighted by Gasteiger charge is -2.11. The highest BCUT2D eigenvalue weighted by atomic mass is 127. The van der Waals surface area contributed by atoms with Gasteiger partial charge in [0.25, 0.3) is 0 Å². The molecule has 5 heteroatoms. The topological polar surface area (TPSA) is 45.8 Å². The highest BCUT2D eigenvalue weighted by Gasteiger charge is 2.13. The number of halogens is 2. The van der Waals surface area contributed by atoms with Crippen molar-refractivity contribution in [2.75, 3.05) is 0 Å². The lowest BCUT2D eigenvalue weighted by molar-refractivity contribution is 0.628. The van der Waals surface area contributed by atoms with Crippen molar-refractivity contribution in [1.29, 1.82) is 0 Å². The summed E-state index contributed by atoms with van der Waals surface area (Å²) in [5, 5.41) is 0. The molecule has 1 aromatic carbocycles. The quantitative estimate of drug-likeness (QED) is 0.838. The van der Waals surface area contributed by atoms with Crippen molar-refractivity contribution in [2.45, 2.75) is 19.8 Å². The number of nitrogens with zero attached hydrogens (tertiary/aromatic N) is 1. The summed E-state index contributed by atoms with van der Waals surface area (Å²) in [6.45, 7) is 4.00. The average Bonchev–Trinajstić information content (AvgIpc) is 2.32. The number of nitrogens with one attached hydrogen (secondary N) is 1. The fourth-order valence-electron chi connectivity index (χ4n) is 1.67. The maximum absolute atomic E-state index is 12.9. The SMILES string of the molecule is CC(C)c1[nH]c(=O)nc(-c2ccc(F)cc2)c1I. The van der Waals surface area contributed by atoms with Gasteiger partial charge < -0.3 is 4.98 Å². The number of hydrogen-bond donors (Lipinski definition) is 1. The van der Waals surface area contributed by atoms with Crippen LogP contribution in [0.5, 0.6) is 0 Å². The molecule has 0 amide bonds. The van der Waals surface area contributed by atoms with Crippen molar-refractivity contribution in [3.8, 4) is 11.3 Å². The van der Waals surface area contributed by atoms with Crippen LogP contribution in [0.2, 0.25) is 0 Å². The third-order valence-electron chi connectivity index (χ3n) is 2.59. The molecular weight excluding hydrogens is 346 g/mol. The molecule has 1 aromatic heterocycles. The van der Waals surface area contributed by atoms with Crippen LogP contribution in [-0.2, 0) is 0 Å². The van der Waals surface area contributed by atoms with Gasteiger partial charge in [-0.05, 0) is 52.8 Å². The van der Waals surface area contributed by atoms with E-state index in [1.165, 1.54) is 12.1 Å². The van der Waals surface area contributed by atoms with Gasteiger partial charge in [-0.3, -0.25) is 0 Å². The highest BCUT2D eigenvalue weighted by Crippen LogP contribution is 2.27. The van der Waals surface area contributed by atoms with Crippen molar-refractivity contribution in [3.63, 3.8) is 0 Å². The third-order valence-corrected chi connectivity index (χ3v) is 3.69. The summed E-state index contributed by atoms with van der Waals surface area (Å²) in [5.41, 5.74) is 1.82. The van der Waals surface area contributed by atoms with Crippen LogP contribution in [-0.4, -0.2) is 9.97 Å². The zero-order valence-electron chi connectivity index (χ0n) is 10.00. The second-order valence-corrected chi connectivity index (χ2v) is 5.36. The number of aromatic amines is 1. The Morgan fingerprint density at radius 1 is 1.28 bits per heavy atom. The Balaban J connectivity index is 2.64. The van der Waals surface area contributed by atoms with Gasteiger partial charge in [0.2, 0.25) is 0 Å². The molecule has 1 heterocycles. The van der Waals surface area contributed by atoms with Crippen molar-refractivity contribution in [1.82, 2.24) is 9.97 Å². The Bertz CT molecular complexity index is 620. The van der Waals surface area contributed by atoms with Crippen LogP contribution in [0.4, 0.5) is 4.39 Å². The summed E-state index contributed by atoms with van der Waals surface area (Å²) in [6.07, 6.45) is 0. The van der Waals surface area contributed by atoms with Crippen LogP contribution < -0.4 is 5.69 Å². The van der Waals surface area contributed by atoms with E-state index < -0.39 is 0 Å². The van der Waals surface area contributed by atoms with Crippen LogP contribution in [0.3, 0.4) is 0 Å².